The molecule has 0 aromatic heterocycles. The maximum atomic E-state index is 3.56. The molecule has 0 heterocycles. The highest BCUT2D eigenvalue weighted by atomic mass is 14.9. The van der Waals surface area contributed by atoms with Crippen LogP contribution in [0.25, 0.3) is 0 Å². The van der Waals surface area contributed by atoms with Gasteiger partial charge in [-0.05, 0) is 62.5 Å². The van der Waals surface area contributed by atoms with E-state index < -0.39 is 0 Å². The summed E-state index contributed by atoms with van der Waals surface area (Å²) in [5.41, 5.74) is 1.48. The first-order valence-corrected chi connectivity index (χ1v) is 7.08. The minimum Gasteiger partial charge on any atom is -0.317 e. The average molecular weight is 229 g/mol. The Balaban J connectivity index is 1.52. The van der Waals surface area contributed by atoms with Crippen LogP contribution < -0.4 is 5.32 Å². The van der Waals surface area contributed by atoms with Gasteiger partial charge in [0.1, 0.15) is 0 Å². The van der Waals surface area contributed by atoms with Crippen molar-refractivity contribution in [2.24, 2.45) is 17.8 Å². The maximum Gasteiger partial charge on any atom is 0.00956 e. The van der Waals surface area contributed by atoms with Crippen molar-refractivity contribution in [2.75, 3.05) is 7.05 Å². The molecule has 2 saturated carbocycles. The zero-order valence-electron chi connectivity index (χ0n) is 10.7. The van der Waals surface area contributed by atoms with E-state index in [0.717, 1.165) is 23.8 Å². The van der Waals surface area contributed by atoms with Gasteiger partial charge < -0.3 is 5.32 Å². The van der Waals surface area contributed by atoms with Crippen molar-refractivity contribution in [1.82, 2.24) is 5.32 Å². The lowest BCUT2D eigenvalue weighted by Crippen LogP contribution is -2.33. The molecule has 0 saturated heterocycles. The van der Waals surface area contributed by atoms with Crippen molar-refractivity contribution in [3.63, 3.8) is 0 Å². The monoisotopic (exact) mass is 229 g/mol. The van der Waals surface area contributed by atoms with Crippen LogP contribution in [0.3, 0.4) is 0 Å². The average Bonchev–Trinajstić information content (AvgIpc) is 2.99. The van der Waals surface area contributed by atoms with Gasteiger partial charge in [0.05, 0.1) is 0 Å². The molecular weight excluding hydrogens is 206 g/mol. The lowest BCUT2D eigenvalue weighted by atomic mass is 9.90. The van der Waals surface area contributed by atoms with Crippen molar-refractivity contribution >= 4 is 0 Å². The molecule has 1 N–H and O–H groups in total. The summed E-state index contributed by atoms with van der Waals surface area (Å²) in [6.45, 7) is 0. The summed E-state index contributed by atoms with van der Waals surface area (Å²) in [5, 5.41) is 3.56. The van der Waals surface area contributed by atoms with Gasteiger partial charge >= 0.3 is 0 Å². The van der Waals surface area contributed by atoms with Gasteiger partial charge in [-0.15, -0.1) is 0 Å². The van der Waals surface area contributed by atoms with Crippen LogP contribution in [-0.2, 0) is 6.42 Å². The van der Waals surface area contributed by atoms with E-state index in [1.807, 2.05) is 0 Å². The molecule has 92 valence electrons. The quantitative estimate of drug-likeness (QED) is 0.817. The lowest BCUT2D eigenvalue weighted by Gasteiger charge is -2.24. The van der Waals surface area contributed by atoms with Crippen molar-refractivity contribution in [1.29, 1.82) is 0 Å². The van der Waals surface area contributed by atoms with E-state index in [4.69, 9.17) is 0 Å². The second-order valence-corrected chi connectivity index (χ2v) is 5.91. The number of aryl methyl sites for hydroxylation is 1. The van der Waals surface area contributed by atoms with Gasteiger partial charge in [0.2, 0.25) is 0 Å². The maximum absolute atomic E-state index is 3.56. The Morgan fingerprint density at radius 3 is 2.47 bits per heavy atom. The fourth-order valence-electron chi connectivity index (χ4n) is 3.67. The smallest absolute Gasteiger partial charge is 0.00956 e. The van der Waals surface area contributed by atoms with Crippen LogP contribution in [0.4, 0.5) is 0 Å². The van der Waals surface area contributed by atoms with Crippen LogP contribution >= 0.6 is 0 Å². The highest BCUT2D eigenvalue weighted by Crippen LogP contribution is 2.55. The Hall–Kier alpha value is -0.820. The highest BCUT2D eigenvalue weighted by Gasteiger charge is 2.47. The Bertz CT molecular complexity index is 349. The number of hydrogen-bond acceptors (Lipinski definition) is 1. The second-order valence-electron chi connectivity index (χ2n) is 5.91. The Morgan fingerprint density at radius 1 is 1.12 bits per heavy atom. The van der Waals surface area contributed by atoms with Crippen molar-refractivity contribution < 1.29 is 0 Å². The summed E-state index contributed by atoms with van der Waals surface area (Å²) in [6.07, 6.45) is 7.03. The third kappa shape index (κ3) is 2.55. The van der Waals surface area contributed by atoms with E-state index in [1.54, 1.807) is 0 Å². The zero-order chi connectivity index (χ0) is 11.7. The summed E-state index contributed by atoms with van der Waals surface area (Å²) >= 11 is 0. The molecule has 0 amide bonds. The van der Waals surface area contributed by atoms with Crippen molar-refractivity contribution in [3.8, 4) is 0 Å². The summed E-state index contributed by atoms with van der Waals surface area (Å²) in [7, 11) is 2.14. The van der Waals surface area contributed by atoms with E-state index in [1.165, 1.54) is 37.7 Å². The van der Waals surface area contributed by atoms with Crippen LogP contribution in [0, 0.1) is 17.8 Å². The highest BCUT2D eigenvalue weighted by molar-refractivity contribution is 5.15. The first-order chi connectivity index (χ1) is 8.36. The van der Waals surface area contributed by atoms with Crippen LogP contribution in [0.5, 0.6) is 0 Å². The SMILES string of the molecule is CNC(CCc1ccccc1)C1CC2CC2C1. The van der Waals surface area contributed by atoms with Crippen LogP contribution in [-0.4, -0.2) is 13.1 Å². The summed E-state index contributed by atoms with van der Waals surface area (Å²) < 4.78 is 0. The largest absolute Gasteiger partial charge is 0.317 e. The topological polar surface area (TPSA) is 12.0 Å². The minimum atomic E-state index is 0.739. The molecule has 3 unspecified atom stereocenters. The van der Waals surface area contributed by atoms with E-state index in [2.05, 4.69) is 42.7 Å². The van der Waals surface area contributed by atoms with Gasteiger partial charge in [0.25, 0.3) is 0 Å². The molecule has 3 atom stereocenters. The summed E-state index contributed by atoms with van der Waals surface area (Å²) in [5.74, 6) is 3.16. The molecule has 0 aliphatic heterocycles. The third-order valence-corrected chi connectivity index (χ3v) is 4.81. The first-order valence-electron chi connectivity index (χ1n) is 7.08. The standard InChI is InChI=1S/C16H23N/c1-17-16(15-10-13-9-14(13)11-15)8-7-12-5-3-2-4-6-12/h2-6,13-17H,7-11H2,1H3. The van der Waals surface area contributed by atoms with Crippen LogP contribution in [0.1, 0.15) is 31.2 Å². The van der Waals surface area contributed by atoms with Gasteiger partial charge in [0.15, 0.2) is 0 Å². The number of fused-ring (bicyclic) bond motifs is 1. The minimum absolute atomic E-state index is 0.739. The number of nitrogens with one attached hydrogen (secondary N) is 1. The fourth-order valence-corrected chi connectivity index (χ4v) is 3.67. The lowest BCUT2D eigenvalue weighted by molar-refractivity contribution is 0.335. The first kappa shape index (κ1) is 11.3. The van der Waals surface area contributed by atoms with E-state index >= 15 is 0 Å². The molecule has 1 aromatic carbocycles. The number of rotatable bonds is 5. The zero-order valence-corrected chi connectivity index (χ0v) is 10.7. The van der Waals surface area contributed by atoms with Crippen molar-refractivity contribution in [2.45, 2.75) is 38.1 Å². The normalized spacial score (nSPS) is 32.2. The predicted molar refractivity (Wildman–Crippen MR) is 71.9 cm³/mol. The summed E-state index contributed by atoms with van der Waals surface area (Å²) in [6, 6.07) is 11.6. The van der Waals surface area contributed by atoms with E-state index in [-0.39, 0.29) is 0 Å². The fraction of sp³-hybridized carbons (Fsp3) is 0.625. The van der Waals surface area contributed by atoms with Gasteiger partial charge in [-0.1, -0.05) is 30.3 Å². The van der Waals surface area contributed by atoms with E-state index in [9.17, 15) is 0 Å². The Morgan fingerprint density at radius 2 is 1.82 bits per heavy atom. The molecule has 2 fully saturated rings. The molecule has 0 radical (unpaired) electrons. The Kier molecular flexibility index (Phi) is 3.19. The van der Waals surface area contributed by atoms with Gasteiger partial charge in [-0.25, -0.2) is 0 Å². The second kappa shape index (κ2) is 4.81. The van der Waals surface area contributed by atoms with Crippen LogP contribution in [0.2, 0.25) is 0 Å². The predicted octanol–water partition coefficient (Wildman–Crippen LogP) is 3.25. The molecule has 1 aromatic rings. The molecule has 1 nitrogen and oxygen atoms in total. The van der Waals surface area contributed by atoms with Crippen LogP contribution in [0.15, 0.2) is 30.3 Å². The van der Waals surface area contributed by atoms with Gasteiger partial charge in [-0.2, -0.15) is 0 Å². The molecule has 2 aliphatic rings. The van der Waals surface area contributed by atoms with E-state index in [0.29, 0.717) is 0 Å². The van der Waals surface area contributed by atoms with Gasteiger partial charge in [0, 0.05) is 6.04 Å². The molecule has 17 heavy (non-hydrogen) atoms. The Labute approximate surface area is 105 Å². The molecule has 1 heteroatoms. The molecule has 0 spiro atoms. The molecular formula is C16H23N. The third-order valence-electron chi connectivity index (χ3n) is 4.81. The summed E-state index contributed by atoms with van der Waals surface area (Å²) in [4.78, 5) is 0. The molecule has 2 aliphatic carbocycles. The van der Waals surface area contributed by atoms with Gasteiger partial charge in [-0.3, -0.25) is 0 Å². The number of hydrogen-bond donors (Lipinski definition) is 1. The number of benzene rings is 1. The molecule has 3 rings (SSSR count). The molecule has 0 bridgehead atoms. The van der Waals surface area contributed by atoms with Crippen molar-refractivity contribution in [3.05, 3.63) is 35.9 Å².